The number of fused-ring (bicyclic) bond motifs is 4. The van der Waals surface area contributed by atoms with Gasteiger partial charge in [0.15, 0.2) is 0 Å². The lowest BCUT2D eigenvalue weighted by molar-refractivity contribution is -0.206. The van der Waals surface area contributed by atoms with Crippen molar-refractivity contribution >= 4 is 43.6 Å². The molecule has 2 aromatic heterocycles. The van der Waals surface area contributed by atoms with E-state index in [1.807, 2.05) is 36.4 Å². The van der Waals surface area contributed by atoms with Crippen molar-refractivity contribution < 1.29 is 17.6 Å². The molecule has 0 fully saturated rings. The topological polar surface area (TPSA) is 25.8 Å². The van der Waals surface area contributed by atoms with E-state index in [0.29, 0.717) is 32.8 Å². The van der Waals surface area contributed by atoms with Crippen LogP contribution in [0.25, 0.3) is 43.6 Å². The third kappa shape index (κ3) is 3.83. The number of hydrogen-bond acceptors (Lipinski definition) is 2. The lowest BCUT2D eigenvalue weighted by atomic mass is 9.94. The van der Waals surface area contributed by atoms with Gasteiger partial charge in [0.05, 0.1) is 22.1 Å². The van der Waals surface area contributed by atoms with Crippen molar-refractivity contribution in [2.45, 2.75) is 24.7 Å². The average Bonchev–Trinajstić information content (AvgIpc) is 2.86. The first-order valence-electron chi connectivity index (χ1n) is 11.6. The lowest BCUT2D eigenvalue weighted by Crippen LogP contribution is -2.44. The van der Waals surface area contributed by atoms with E-state index in [2.05, 4.69) is 9.97 Å². The van der Waals surface area contributed by atoms with Gasteiger partial charge in [-0.3, -0.25) is 0 Å². The van der Waals surface area contributed by atoms with Gasteiger partial charge in [0, 0.05) is 34.4 Å². The van der Waals surface area contributed by atoms with Crippen LogP contribution in [0.4, 0.5) is 17.6 Å². The molecule has 0 amide bonds. The minimum Gasteiger partial charge on any atom is -0.248 e. The minimum absolute atomic E-state index is 0.0879. The molecule has 2 nitrogen and oxygen atoms in total. The monoisotopic (exact) mass is 484 g/mol. The van der Waals surface area contributed by atoms with Crippen LogP contribution in [-0.2, 0) is 12.8 Å². The molecule has 0 radical (unpaired) electrons. The summed E-state index contributed by atoms with van der Waals surface area (Å²) in [4.78, 5) is 9.02. The molecular weight excluding hydrogens is 464 g/mol. The van der Waals surface area contributed by atoms with E-state index < -0.39 is 24.7 Å². The molecule has 0 aliphatic carbocycles. The third-order valence-electron chi connectivity index (χ3n) is 6.62. The summed E-state index contributed by atoms with van der Waals surface area (Å²) in [5.74, 6) is -8.60. The highest BCUT2D eigenvalue weighted by Gasteiger charge is 2.56. The summed E-state index contributed by atoms with van der Waals surface area (Å²) >= 11 is 0. The third-order valence-corrected chi connectivity index (χ3v) is 6.62. The Hall–Kier alpha value is -4.06. The average molecular weight is 484 g/mol. The Morgan fingerprint density at radius 1 is 0.472 bits per heavy atom. The molecule has 4 aromatic carbocycles. The van der Waals surface area contributed by atoms with Crippen LogP contribution in [-0.4, -0.2) is 21.8 Å². The smallest absolute Gasteiger partial charge is 0.248 e. The molecule has 0 aliphatic heterocycles. The van der Waals surface area contributed by atoms with E-state index in [-0.39, 0.29) is 11.1 Å². The maximum atomic E-state index is 15.3. The Morgan fingerprint density at radius 3 is 1.31 bits per heavy atom. The predicted molar refractivity (Wildman–Crippen MR) is 136 cm³/mol. The van der Waals surface area contributed by atoms with Crippen LogP contribution in [0.2, 0.25) is 0 Å². The molecule has 2 heterocycles. The molecular formula is C30H20F4N2. The van der Waals surface area contributed by atoms with Crippen LogP contribution in [0.1, 0.15) is 11.1 Å². The molecule has 6 heteroatoms. The van der Waals surface area contributed by atoms with E-state index in [9.17, 15) is 0 Å². The first-order chi connectivity index (χ1) is 17.3. The van der Waals surface area contributed by atoms with Crippen molar-refractivity contribution in [1.29, 1.82) is 0 Å². The van der Waals surface area contributed by atoms with Gasteiger partial charge >= 0.3 is 11.8 Å². The van der Waals surface area contributed by atoms with Gasteiger partial charge in [0.2, 0.25) is 0 Å². The van der Waals surface area contributed by atoms with Crippen molar-refractivity contribution in [2.75, 3.05) is 0 Å². The molecule has 0 saturated heterocycles. The van der Waals surface area contributed by atoms with Crippen LogP contribution in [0.3, 0.4) is 0 Å². The number of pyridine rings is 2. The van der Waals surface area contributed by atoms with Gasteiger partial charge < -0.3 is 0 Å². The maximum absolute atomic E-state index is 15.3. The van der Waals surface area contributed by atoms with Gasteiger partial charge in [0.1, 0.15) is 0 Å². The minimum atomic E-state index is -4.30. The Labute approximate surface area is 204 Å². The molecule has 36 heavy (non-hydrogen) atoms. The van der Waals surface area contributed by atoms with Crippen LogP contribution in [0.15, 0.2) is 97.1 Å². The first-order valence-corrected chi connectivity index (χ1v) is 11.6. The first kappa shape index (κ1) is 22.4. The normalized spacial score (nSPS) is 12.7. The predicted octanol–water partition coefficient (Wildman–Crippen LogP) is 8.15. The SMILES string of the molecule is FC(F)(Cc1cccc2cc3ccccc3nc12)C(F)(F)Cc1cccc2cc3ccccc3nc12. The number of hydrogen-bond donors (Lipinski definition) is 0. The van der Waals surface area contributed by atoms with Crippen LogP contribution in [0, 0.1) is 0 Å². The second-order valence-electron chi connectivity index (χ2n) is 9.10. The zero-order valence-electron chi connectivity index (χ0n) is 19.1. The quantitative estimate of drug-likeness (QED) is 0.182. The van der Waals surface area contributed by atoms with Crippen molar-refractivity contribution in [3.63, 3.8) is 0 Å². The number of halogens is 4. The molecule has 0 spiro atoms. The van der Waals surface area contributed by atoms with Gasteiger partial charge in [-0.25, -0.2) is 9.97 Å². The highest BCUT2D eigenvalue weighted by Crippen LogP contribution is 2.41. The van der Waals surface area contributed by atoms with Crippen LogP contribution in [0.5, 0.6) is 0 Å². The van der Waals surface area contributed by atoms with E-state index in [1.54, 1.807) is 48.5 Å². The molecule has 6 rings (SSSR count). The summed E-state index contributed by atoms with van der Waals surface area (Å²) in [6.45, 7) is 0. The lowest BCUT2D eigenvalue weighted by Gasteiger charge is -2.27. The fourth-order valence-electron chi connectivity index (χ4n) is 4.75. The largest absolute Gasteiger partial charge is 0.314 e. The Balaban J connectivity index is 1.37. The van der Waals surface area contributed by atoms with E-state index in [4.69, 9.17) is 0 Å². The number of benzene rings is 4. The van der Waals surface area contributed by atoms with E-state index in [0.717, 1.165) is 10.8 Å². The molecule has 178 valence electrons. The molecule has 0 bridgehead atoms. The molecule has 0 unspecified atom stereocenters. The Kier molecular flexibility index (Phi) is 5.14. The van der Waals surface area contributed by atoms with E-state index >= 15 is 17.6 Å². The number of para-hydroxylation sites is 4. The number of rotatable bonds is 5. The second-order valence-corrected chi connectivity index (χ2v) is 9.10. The zero-order valence-corrected chi connectivity index (χ0v) is 19.1. The van der Waals surface area contributed by atoms with Crippen molar-refractivity contribution in [2.24, 2.45) is 0 Å². The fourth-order valence-corrected chi connectivity index (χ4v) is 4.75. The molecule has 0 atom stereocenters. The summed E-state index contributed by atoms with van der Waals surface area (Å²) in [7, 11) is 0. The summed E-state index contributed by atoms with van der Waals surface area (Å²) in [5, 5.41) is 2.98. The molecule has 0 N–H and O–H groups in total. The number of alkyl halides is 4. The summed E-state index contributed by atoms with van der Waals surface area (Å²) in [6.07, 6.45) is -2.24. The Morgan fingerprint density at radius 2 is 0.861 bits per heavy atom. The van der Waals surface area contributed by atoms with Crippen molar-refractivity contribution in [3.05, 3.63) is 108 Å². The maximum Gasteiger partial charge on any atom is 0.314 e. The molecule has 0 saturated carbocycles. The van der Waals surface area contributed by atoms with Gasteiger partial charge in [-0.05, 0) is 35.4 Å². The van der Waals surface area contributed by atoms with Crippen LogP contribution >= 0.6 is 0 Å². The van der Waals surface area contributed by atoms with Crippen LogP contribution < -0.4 is 0 Å². The number of nitrogens with zero attached hydrogens (tertiary/aromatic N) is 2. The Bertz CT molecular complexity index is 1630. The molecule has 6 aromatic rings. The highest BCUT2D eigenvalue weighted by atomic mass is 19.3. The van der Waals surface area contributed by atoms with Gasteiger partial charge in [-0.2, -0.15) is 17.6 Å². The van der Waals surface area contributed by atoms with Crippen molar-refractivity contribution in [1.82, 2.24) is 9.97 Å². The van der Waals surface area contributed by atoms with Gasteiger partial charge in [-0.15, -0.1) is 0 Å². The highest BCUT2D eigenvalue weighted by molar-refractivity contribution is 5.95. The van der Waals surface area contributed by atoms with Gasteiger partial charge in [-0.1, -0.05) is 72.8 Å². The van der Waals surface area contributed by atoms with Gasteiger partial charge in [0.25, 0.3) is 0 Å². The summed E-state index contributed by atoms with van der Waals surface area (Å²) in [6, 6.07) is 27.9. The summed E-state index contributed by atoms with van der Waals surface area (Å²) < 4.78 is 61.1. The van der Waals surface area contributed by atoms with Crippen molar-refractivity contribution in [3.8, 4) is 0 Å². The zero-order chi connectivity index (χ0) is 24.9. The number of aromatic nitrogens is 2. The van der Waals surface area contributed by atoms with E-state index in [1.165, 1.54) is 12.1 Å². The molecule has 0 aliphatic rings. The fraction of sp³-hybridized carbons (Fsp3) is 0.133. The second kappa shape index (κ2) is 8.26. The standard InChI is InChI=1S/C30H20F4N2/c31-29(32,17-23-11-5-9-21-15-19-7-1-3-13-25(19)35-27(21)23)30(33,34)18-24-12-6-10-22-16-20-8-2-4-14-26(20)36-28(22)24/h1-16H,17-18H2. The summed E-state index contributed by atoms with van der Waals surface area (Å²) in [5.41, 5.74) is 2.05.